The minimum Gasteiger partial charge on any atom is -0.468 e. The van der Waals surface area contributed by atoms with Crippen molar-refractivity contribution in [2.24, 2.45) is 0 Å². The van der Waals surface area contributed by atoms with E-state index in [4.69, 9.17) is 9.15 Å². The van der Waals surface area contributed by atoms with Gasteiger partial charge in [-0.1, -0.05) is 24.3 Å². The molecular formula is C29H29FN6O3. The Hall–Kier alpha value is -4.15. The molecule has 5 aromatic rings. The van der Waals surface area contributed by atoms with E-state index in [0.717, 1.165) is 34.9 Å². The van der Waals surface area contributed by atoms with Crippen molar-refractivity contribution in [3.05, 3.63) is 111 Å². The van der Waals surface area contributed by atoms with Crippen molar-refractivity contribution in [2.45, 2.75) is 51.5 Å². The number of H-pyrrole nitrogens is 1. The van der Waals surface area contributed by atoms with Crippen molar-refractivity contribution in [1.82, 2.24) is 30.1 Å². The van der Waals surface area contributed by atoms with Crippen LogP contribution in [0.25, 0.3) is 10.9 Å². The summed E-state index contributed by atoms with van der Waals surface area (Å²) in [6.07, 6.45) is 3.53. The molecule has 10 heteroatoms. The van der Waals surface area contributed by atoms with E-state index in [0.29, 0.717) is 43.4 Å². The van der Waals surface area contributed by atoms with Crippen LogP contribution in [0.4, 0.5) is 4.39 Å². The van der Waals surface area contributed by atoms with E-state index in [1.54, 1.807) is 23.1 Å². The summed E-state index contributed by atoms with van der Waals surface area (Å²) in [7, 11) is 0. The predicted molar refractivity (Wildman–Crippen MR) is 142 cm³/mol. The van der Waals surface area contributed by atoms with Gasteiger partial charge in [0, 0.05) is 24.2 Å². The van der Waals surface area contributed by atoms with Gasteiger partial charge >= 0.3 is 0 Å². The van der Waals surface area contributed by atoms with Crippen LogP contribution in [0.2, 0.25) is 0 Å². The molecule has 1 saturated heterocycles. The first-order chi connectivity index (χ1) is 19.0. The number of hydrogen-bond donors (Lipinski definition) is 1. The zero-order valence-corrected chi connectivity index (χ0v) is 21.6. The molecular weight excluding hydrogens is 499 g/mol. The summed E-state index contributed by atoms with van der Waals surface area (Å²) in [6.45, 7) is 3.94. The molecule has 200 valence electrons. The van der Waals surface area contributed by atoms with Gasteiger partial charge in [-0.15, -0.1) is 5.10 Å². The highest BCUT2D eigenvalue weighted by Gasteiger charge is 2.32. The Morgan fingerprint density at radius 2 is 2.03 bits per heavy atom. The molecule has 1 aliphatic heterocycles. The maximum absolute atomic E-state index is 13.7. The van der Waals surface area contributed by atoms with E-state index < -0.39 is 6.04 Å². The van der Waals surface area contributed by atoms with Crippen molar-refractivity contribution in [1.29, 1.82) is 0 Å². The van der Waals surface area contributed by atoms with E-state index >= 15 is 0 Å². The fourth-order valence-electron chi connectivity index (χ4n) is 5.22. The average molecular weight is 529 g/mol. The molecule has 0 saturated carbocycles. The van der Waals surface area contributed by atoms with Gasteiger partial charge in [-0.3, -0.25) is 9.69 Å². The summed E-state index contributed by atoms with van der Waals surface area (Å²) in [5.74, 6) is 0.930. The molecule has 0 bridgehead atoms. The number of nitrogens with one attached hydrogen (secondary N) is 1. The minimum atomic E-state index is -0.633. The summed E-state index contributed by atoms with van der Waals surface area (Å²) in [4.78, 5) is 18.8. The standard InChI is InChI=1S/C29H29FN6O3/c1-19-6-9-21-15-25(29(37)31-26(21)14-19)27(28-32-33-34-36(28)18-24-5-3-13-39-24)35(17-23-4-2-12-38-23)16-20-7-10-22(30)11-8-20/h2,4,6-12,14-15,24,27H,3,5,13,16-18H2,1H3,(H,31,37). The highest BCUT2D eigenvalue weighted by Crippen LogP contribution is 2.31. The molecule has 0 amide bonds. The lowest BCUT2D eigenvalue weighted by Gasteiger charge is -2.30. The van der Waals surface area contributed by atoms with Crippen LogP contribution in [-0.4, -0.2) is 42.8 Å². The van der Waals surface area contributed by atoms with Gasteiger partial charge in [0.2, 0.25) is 0 Å². The zero-order chi connectivity index (χ0) is 26.8. The Morgan fingerprint density at radius 1 is 1.15 bits per heavy atom. The van der Waals surface area contributed by atoms with Crippen molar-refractivity contribution >= 4 is 10.9 Å². The van der Waals surface area contributed by atoms with Gasteiger partial charge in [0.1, 0.15) is 17.6 Å². The summed E-state index contributed by atoms with van der Waals surface area (Å²) in [6, 6.07) is 17.3. The lowest BCUT2D eigenvalue weighted by atomic mass is 10.0. The van der Waals surface area contributed by atoms with Crippen LogP contribution in [0.5, 0.6) is 0 Å². The monoisotopic (exact) mass is 528 g/mol. The number of halogens is 1. The Balaban J connectivity index is 1.49. The first-order valence-electron chi connectivity index (χ1n) is 13.1. The Morgan fingerprint density at radius 3 is 2.79 bits per heavy atom. The third-order valence-corrected chi connectivity index (χ3v) is 7.13. The summed E-state index contributed by atoms with van der Waals surface area (Å²) in [5.41, 5.74) is 2.96. The number of pyridine rings is 1. The maximum Gasteiger partial charge on any atom is 0.253 e. The molecule has 39 heavy (non-hydrogen) atoms. The molecule has 0 radical (unpaired) electrons. The molecule has 0 spiro atoms. The molecule has 1 N–H and O–H groups in total. The van der Waals surface area contributed by atoms with Gasteiger partial charge in [-0.25, -0.2) is 9.07 Å². The van der Waals surface area contributed by atoms with Crippen molar-refractivity contribution < 1.29 is 13.5 Å². The number of nitrogens with zero attached hydrogens (tertiary/aromatic N) is 5. The van der Waals surface area contributed by atoms with Gasteiger partial charge in [0.25, 0.3) is 5.56 Å². The fourth-order valence-corrected chi connectivity index (χ4v) is 5.22. The number of aryl methyl sites for hydroxylation is 1. The van der Waals surface area contributed by atoms with E-state index in [9.17, 15) is 9.18 Å². The first kappa shape index (κ1) is 25.1. The van der Waals surface area contributed by atoms with E-state index in [2.05, 4.69) is 25.4 Å². The topological polar surface area (TPSA) is 102 Å². The van der Waals surface area contributed by atoms with E-state index in [-0.39, 0.29) is 17.5 Å². The Bertz CT molecular complexity index is 1610. The Kier molecular flexibility index (Phi) is 7.04. The number of rotatable bonds is 9. The smallest absolute Gasteiger partial charge is 0.253 e. The maximum atomic E-state index is 13.7. The van der Waals surface area contributed by atoms with Gasteiger partial charge in [0.05, 0.1) is 25.5 Å². The number of benzene rings is 2. The van der Waals surface area contributed by atoms with Crippen molar-refractivity contribution in [2.75, 3.05) is 6.61 Å². The third kappa shape index (κ3) is 5.52. The molecule has 1 fully saturated rings. The first-order valence-corrected chi connectivity index (χ1v) is 13.1. The molecule has 2 unspecified atom stereocenters. The second-order valence-corrected chi connectivity index (χ2v) is 10.0. The predicted octanol–water partition coefficient (Wildman–Crippen LogP) is 4.53. The number of furan rings is 1. The van der Waals surface area contributed by atoms with Crippen LogP contribution in [0.3, 0.4) is 0 Å². The summed E-state index contributed by atoms with van der Waals surface area (Å²) in [5, 5.41) is 13.6. The number of fused-ring (bicyclic) bond motifs is 1. The fraction of sp³-hybridized carbons (Fsp3) is 0.310. The van der Waals surface area contributed by atoms with Crippen LogP contribution in [0, 0.1) is 12.7 Å². The lowest BCUT2D eigenvalue weighted by Crippen LogP contribution is -2.35. The molecule has 1 aliphatic rings. The van der Waals surface area contributed by atoms with Crippen LogP contribution < -0.4 is 5.56 Å². The number of hydrogen-bond acceptors (Lipinski definition) is 7. The minimum absolute atomic E-state index is 0.00128. The van der Waals surface area contributed by atoms with Crippen molar-refractivity contribution in [3.8, 4) is 0 Å². The SMILES string of the molecule is Cc1ccc2cc(C(c3nnnn3CC3CCCO3)N(Cc3ccc(F)cc3)Cc3ccco3)c(=O)[nH]c2c1. The van der Waals surface area contributed by atoms with Crippen LogP contribution in [0.1, 0.15) is 47.2 Å². The number of ether oxygens (including phenoxy) is 1. The third-order valence-electron chi connectivity index (χ3n) is 7.13. The largest absolute Gasteiger partial charge is 0.468 e. The van der Waals surface area contributed by atoms with E-state index in [1.807, 2.05) is 43.3 Å². The number of aromatic nitrogens is 5. The molecule has 3 aromatic heterocycles. The summed E-state index contributed by atoms with van der Waals surface area (Å²) < 4.78 is 27.0. The highest BCUT2D eigenvalue weighted by molar-refractivity contribution is 5.79. The zero-order valence-electron chi connectivity index (χ0n) is 21.6. The van der Waals surface area contributed by atoms with E-state index in [1.165, 1.54) is 12.1 Å². The molecule has 6 rings (SSSR count). The highest BCUT2D eigenvalue weighted by atomic mass is 19.1. The molecule has 2 atom stereocenters. The summed E-state index contributed by atoms with van der Waals surface area (Å²) >= 11 is 0. The van der Waals surface area contributed by atoms with Crippen molar-refractivity contribution in [3.63, 3.8) is 0 Å². The van der Waals surface area contributed by atoms with Gasteiger partial charge in [-0.2, -0.15) is 0 Å². The molecule has 0 aliphatic carbocycles. The van der Waals surface area contributed by atoms with Crippen LogP contribution in [-0.2, 0) is 24.4 Å². The second-order valence-electron chi connectivity index (χ2n) is 10.0. The molecule has 4 heterocycles. The average Bonchev–Trinajstić information content (AvgIpc) is 3.71. The normalized spacial score (nSPS) is 16.3. The van der Waals surface area contributed by atoms with Gasteiger partial charge < -0.3 is 14.1 Å². The van der Waals surface area contributed by atoms with Crippen LogP contribution >= 0.6 is 0 Å². The van der Waals surface area contributed by atoms with Gasteiger partial charge in [0.15, 0.2) is 5.82 Å². The second kappa shape index (κ2) is 10.9. The lowest BCUT2D eigenvalue weighted by molar-refractivity contribution is 0.0901. The Labute approximate surface area is 224 Å². The molecule has 2 aromatic carbocycles. The number of tetrazole rings is 1. The van der Waals surface area contributed by atoms with Crippen LogP contribution in [0.15, 0.2) is 76.1 Å². The van der Waals surface area contributed by atoms with Gasteiger partial charge in [-0.05, 0) is 83.1 Å². The molecule has 9 nitrogen and oxygen atoms in total. The quantitative estimate of drug-likeness (QED) is 0.300. The number of aromatic amines is 1.